The van der Waals surface area contributed by atoms with Crippen molar-refractivity contribution < 1.29 is 0 Å². The van der Waals surface area contributed by atoms with E-state index in [1.165, 1.54) is 0 Å². The molecule has 4 nitrogen and oxygen atoms in total. The minimum atomic E-state index is 0.890. The fraction of sp³-hybridized carbons (Fsp3) is 0.385. The van der Waals surface area contributed by atoms with Crippen molar-refractivity contribution in [2.75, 3.05) is 23.7 Å². The Balaban J connectivity index is 1.81. The molecule has 96 valence electrons. The zero-order chi connectivity index (χ0) is 12.6. The zero-order valence-corrected chi connectivity index (χ0v) is 11.3. The van der Waals surface area contributed by atoms with E-state index < -0.39 is 0 Å². The van der Waals surface area contributed by atoms with Crippen LogP contribution in [0.25, 0.3) is 0 Å². The van der Waals surface area contributed by atoms with Gasteiger partial charge in [-0.15, -0.1) is 11.3 Å². The van der Waals surface area contributed by atoms with Crippen LogP contribution in [-0.4, -0.2) is 23.1 Å². The molecule has 2 aromatic rings. The van der Waals surface area contributed by atoms with E-state index in [2.05, 4.69) is 32.9 Å². The molecule has 0 bridgehead atoms. The summed E-state index contributed by atoms with van der Waals surface area (Å²) < 4.78 is 0. The fourth-order valence-corrected chi connectivity index (χ4v) is 2.18. The van der Waals surface area contributed by atoms with Gasteiger partial charge in [0.2, 0.25) is 0 Å². The second-order valence-electron chi connectivity index (χ2n) is 4.01. The highest BCUT2D eigenvalue weighted by Gasteiger charge is 1.98. The van der Waals surface area contributed by atoms with Gasteiger partial charge in [0.05, 0.1) is 11.2 Å². The summed E-state index contributed by atoms with van der Waals surface area (Å²) in [5.74, 6) is 0.926. The molecular formula is C13H18N4S. The molecule has 0 amide bonds. The van der Waals surface area contributed by atoms with Gasteiger partial charge in [-0.1, -0.05) is 6.92 Å². The number of hydrogen-bond acceptors (Lipinski definition) is 5. The minimum absolute atomic E-state index is 0.890. The van der Waals surface area contributed by atoms with Crippen LogP contribution < -0.4 is 10.6 Å². The maximum Gasteiger partial charge on any atom is 0.127 e. The van der Waals surface area contributed by atoms with Gasteiger partial charge < -0.3 is 10.6 Å². The van der Waals surface area contributed by atoms with Crippen LogP contribution in [0.3, 0.4) is 0 Å². The number of hydrogen-bond donors (Lipinski definition) is 2. The molecule has 0 atom stereocenters. The molecule has 18 heavy (non-hydrogen) atoms. The van der Waals surface area contributed by atoms with E-state index in [1.54, 1.807) is 11.3 Å². The summed E-state index contributed by atoms with van der Waals surface area (Å²) >= 11 is 1.64. The van der Waals surface area contributed by atoms with Gasteiger partial charge in [0.1, 0.15) is 5.82 Å². The number of nitrogens with one attached hydrogen (secondary N) is 2. The molecule has 0 aliphatic heterocycles. The highest BCUT2D eigenvalue weighted by atomic mass is 32.1. The van der Waals surface area contributed by atoms with Gasteiger partial charge in [-0.3, -0.25) is 0 Å². The first-order valence-corrected chi connectivity index (χ1v) is 7.13. The summed E-state index contributed by atoms with van der Waals surface area (Å²) in [7, 11) is 0. The minimum Gasteiger partial charge on any atom is -0.384 e. The van der Waals surface area contributed by atoms with Crippen molar-refractivity contribution in [3.63, 3.8) is 0 Å². The SMILES string of the molecule is CCCNc1cc(NCCc2cscn2)ccn1. The van der Waals surface area contributed by atoms with Crippen molar-refractivity contribution >= 4 is 22.8 Å². The highest BCUT2D eigenvalue weighted by molar-refractivity contribution is 7.07. The molecule has 0 aromatic carbocycles. The van der Waals surface area contributed by atoms with Crippen LogP contribution in [0.4, 0.5) is 11.5 Å². The van der Waals surface area contributed by atoms with Gasteiger partial charge in [0, 0.05) is 42.8 Å². The summed E-state index contributed by atoms with van der Waals surface area (Å²) in [4.78, 5) is 8.53. The van der Waals surface area contributed by atoms with E-state index in [0.29, 0.717) is 0 Å². The van der Waals surface area contributed by atoms with Crippen molar-refractivity contribution in [1.82, 2.24) is 9.97 Å². The van der Waals surface area contributed by atoms with Gasteiger partial charge >= 0.3 is 0 Å². The predicted molar refractivity (Wildman–Crippen MR) is 77.3 cm³/mol. The third kappa shape index (κ3) is 4.00. The molecule has 0 unspecified atom stereocenters. The summed E-state index contributed by atoms with van der Waals surface area (Å²) in [6, 6.07) is 4.02. The monoisotopic (exact) mass is 262 g/mol. The van der Waals surface area contributed by atoms with Crippen molar-refractivity contribution in [3.05, 3.63) is 34.9 Å². The molecular weight excluding hydrogens is 244 g/mol. The molecule has 0 aliphatic rings. The number of thiazole rings is 1. The molecule has 2 heterocycles. The van der Waals surface area contributed by atoms with Crippen LogP contribution in [0.1, 0.15) is 19.0 Å². The summed E-state index contributed by atoms with van der Waals surface area (Å²) in [5.41, 5.74) is 4.11. The van der Waals surface area contributed by atoms with Gasteiger partial charge in [0.25, 0.3) is 0 Å². The molecule has 5 heteroatoms. The Morgan fingerprint density at radius 3 is 2.94 bits per heavy atom. The summed E-state index contributed by atoms with van der Waals surface area (Å²) in [6.45, 7) is 3.99. The van der Waals surface area contributed by atoms with Crippen LogP contribution in [-0.2, 0) is 6.42 Å². The van der Waals surface area contributed by atoms with Crippen molar-refractivity contribution in [2.45, 2.75) is 19.8 Å². The number of aromatic nitrogens is 2. The maximum atomic E-state index is 4.27. The molecule has 2 N–H and O–H groups in total. The third-order valence-electron chi connectivity index (χ3n) is 2.51. The van der Waals surface area contributed by atoms with Crippen LogP contribution in [0.5, 0.6) is 0 Å². The van der Waals surface area contributed by atoms with Crippen LogP contribution in [0.15, 0.2) is 29.2 Å². The largest absolute Gasteiger partial charge is 0.384 e. The van der Waals surface area contributed by atoms with Gasteiger partial charge in [-0.25, -0.2) is 9.97 Å². The van der Waals surface area contributed by atoms with E-state index in [0.717, 1.165) is 43.1 Å². The van der Waals surface area contributed by atoms with E-state index in [9.17, 15) is 0 Å². The normalized spacial score (nSPS) is 10.3. The van der Waals surface area contributed by atoms with E-state index in [1.807, 2.05) is 23.8 Å². The summed E-state index contributed by atoms with van der Waals surface area (Å²) in [5, 5.41) is 8.75. The average molecular weight is 262 g/mol. The van der Waals surface area contributed by atoms with E-state index >= 15 is 0 Å². The number of rotatable bonds is 7. The Kier molecular flexibility index (Phi) is 4.96. The van der Waals surface area contributed by atoms with Crippen molar-refractivity contribution in [2.24, 2.45) is 0 Å². The van der Waals surface area contributed by atoms with Crippen LogP contribution in [0.2, 0.25) is 0 Å². The molecule has 0 saturated heterocycles. The molecule has 0 saturated carbocycles. The smallest absolute Gasteiger partial charge is 0.127 e. The molecule has 0 aliphatic carbocycles. The molecule has 2 rings (SSSR count). The lowest BCUT2D eigenvalue weighted by molar-refractivity contribution is 0.964. The first kappa shape index (κ1) is 12.8. The van der Waals surface area contributed by atoms with Gasteiger partial charge in [0.15, 0.2) is 0 Å². The van der Waals surface area contributed by atoms with E-state index in [4.69, 9.17) is 0 Å². The lowest BCUT2D eigenvalue weighted by atomic mass is 10.3. The van der Waals surface area contributed by atoms with Crippen molar-refractivity contribution in [1.29, 1.82) is 0 Å². The molecule has 0 radical (unpaired) electrons. The second-order valence-corrected chi connectivity index (χ2v) is 4.73. The molecule has 2 aromatic heterocycles. The summed E-state index contributed by atoms with van der Waals surface area (Å²) in [6.07, 6.45) is 3.87. The fourth-order valence-electron chi connectivity index (χ4n) is 1.59. The standard InChI is InChI=1S/C13H18N4S/c1-2-5-15-13-8-11(3-7-16-13)14-6-4-12-9-18-10-17-12/h3,7-10H,2,4-6H2,1H3,(H2,14,15,16). The topological polar surface area (TPSA) is 49.8 Å². The van der Waals surface area contributed by atoms with Crippen molar-refractivity contribution in [3.8, 4) is 0 Å². The lowest BCUT2D eigenvalue weighted by Crippen LogP contribution is -2.06. The Bertz CT molecular complexity index is 456. The number of pyridine rings is 1. The average Bonchev–Trinajstić information content (AvgIpc) is 2.90. The maximum absolute atomic E-state index is 4.27. The first-order valence-electron chi connectivity index (χ1n) is 6.19. The Labute approximate surface area is 111 Å². The van der Waals surface area contributed by atoms with Gasteiger partial charge in [-0.05, 0) is 12.5 Å². The van der Waals surface area contributed by atoms with Crippen LogP contribution in [0, 0.1) is 0 Å². The highest BCUT2D eigenvalue weighted by Crippen LogP contribution is 2.12. The number of anilines is 2. The third-order valence-corrected chi connectivity index (χ3v) is 3.15. The number of nitrogens with zero attached hydrogens (tertiary/aromatic N) is 2. The first-order chi connectivity index (χ1) is 8.88. The van der Waals surface area contributed by atoms with Gasteiger partial charge in [-0.2, -0.15) is 0 Å². The van der Waals surface area contributed by atoms with Crippen LogP contribution >= 0.6 is 11.3 Å². The Morgan fingerprint density at radius 1 is 1.22 bits per heavy atom. The predicted octanol–water partition coefficient (Wildman–Crippen LogP) is 3.01. The molecule has 0 spiro atoms. The Morgan fingerprint density at radius 2 is 2.17 bits per heavy atom. The quantitative estimate of drug-likeness (QED) is 0.805. The lowest BCUT2D eigenvalue weighted by Gasteiger charge is -2.08. The second kappa shape index (κ2) is 6.96. The molecule has 0 fully saturated rings. The Hall–Kier alpha value is -1.62. The zero-order valence-electron chi connectivity index (χ0n) is 10.5. The van der Waals surface area contributed by atoms with E-state index in [-0.39, 0.29) is 0 Å².